The molecule has 0 bridgehead atoms. The van der Waals surface area contributed by atoms with Crippen molar-refractivity contribution < 1.29 is 26.7 Å². The van der Waals surface area contributed by atoms with Gasteiger partial charge in [-0.3, -0.25) is 9.59 Å². The zero-order valence-corrected chi connectivity index (χ0v) is 19.8. The van der Waals surface area contributed by atoms with E-state index in [2.05, 4.69) is 15.5 Å². The van der Waals surface area contributed by atoms with Crippen molar-refractivity contribution in [1.29, 1.82) is 0 Å². The summed E-state index contributed by atoms with van der Waals surface area (Å²) in [5.41, 5.74) is -0.975. The molecule has 11 heteroatoms. The van der Waals surface area contributed by atoms with Gasteiger partial charge in [-0.2, -0.15) is 13.2 Å². The van der Waals surface area contributed by atoms with Gasteiger partial charge in [-0.1, -0.05) is 12.1 Å². The molecule has 2 saturated carbocycles. The van der Waals surface area contributed by atoms with Crippen LogP contribution in [0.15, 0.2) is 41.3 Å². The Hall–Kier alpha value is -2.95. The third-order valence-electron chi connectivity index (χ3n) is 7.66. The minimum absolute atomic E-state index is 0.00875. The summed E-state index contributed by atoms with van der Waals surface area (Å²) < 4.78 is 68.5. The molecule has 3 fully saturated rings. The Kier molecular flexibility index (Phi) is 5.89. The summed E-state index contributed by atoms with van der Waals surface area (Å²) in [7, 11) is 2.01. The number of nitrogens with one attached hydrogen (secondary N) is 2. The molecule has 2 aromatic rings. The number of hydrogen-bond acceptors (Lipinski definition) is 4. The topological polar surface area (TPSA) is 66.4 Å². The monoisotopic (exact) mass is 510 g/mol. The lowest BCUT2D eigenvalue weighted by Crippen LogP contribution is -2.45. The predicted molar refractivity (Wildman–Crippen MR) is 123 cm³/mol. The number of aromatic nitrogens is 1. The van der Waals surface area contributed by atoms with E-state index in [4.69, 9.17) is 0 Å². The van der Waals surface area contributed by atoms with Crippen LogP contribution in [-0.4, -0.2) is 47.5 Å². The summed E-state index contributed by atoms with van der Waals surface area (Å²) in [6.07, 6.45) is -3.60. The smallest absolute Gasteiger partial charge is 0.381 e. The molecule has 0 unspecified atom stereocenters. The van der Waals surface area contributed by atoms with Crippen molar-refractivity contribution in [1.82, 2.24) is 14.8 Å². The first-order valence-electron chi connectivity index (χ1n) is 11.9. The van der Waals surface area contributed by atoms with Gasteiger partial charge in [0.05, 0.1) is 22.9 Å². The van der Waals surface area contributed by atoms with Crippen LogP contribution in [0.25, 0.3) is 0 Å². The van der Waals surface area contributed by atoms with Gasteiger partial charge in [0, 0.05) is 37.8 Å². The van der Waals surface area contributed by atoms with Crippen LogP contribution in [-0.2, 0) is 6.18 Å². The molecular weight excluding hydrogens is 483 g/mol. The molecule has 2 N–H and O–H groups in total. The number of piperidine rings is 1. The summed E-state index contributed by atoms with van der Waals surface area (Å²) in [5.74, 6) is -2.97. The number of alkyl halides is 5. The van der Waals surface area contributed by atoms with Gasteiger partial charge < -0.3 is 20.1 Å². The SMILES string of the molecule is C[C@@H](NC(=O)c1cn([C@@H]2CCC2(F)F)c(=O)cc1N[C@@H]1[C@@H]2CN(C)C[C@@H]21)c1cccc(C(F)(F)F)c1. The average Bonchev–Trinajstić information content (AvgIpc) is 3.24. The number of hydrogen-bond donors (Lipinski definition) is 2. The van der Waals surface area contributed by atoms with E-state index in [1.165, 1.54) is 25.1 Å². The highest BCUT2D eigenvalue weighted by molar-refractivity contribution is 5.99. The first-order chi connectivity index (χ1) is 16.8. The van der Waals surface area contributed by atoms with Crippen LogP contribution in [0, 0.1) is 11.8 Å². The lowest BCUT2D eigenvalue weighted by molar-refractivity contribution is -0.137. The minimum atomic E-state index is -4.53. The fourth-order valence-corrected chi connectivity index (χ4v) is 5.40. The molecule has 36 heavy (non-hydrogen) atoms. The molecule has 194 valence electrons. The second-order valence-corrected chi connectivity index (χ2v) is 10.2. The summed E-state index contributed by atoms with van der Waals surface area (Å²) in [5, 5.41) is 5.92. The number of fused-ring (bicyclic) bond motifs is 1. The third kappa shape index (κ3) is 4.49. The summed E-state index contributed by atoms with van der Waals surface area (Å²) >= 11 is 0. The van der Waals surface area contributed by atoms with Crippen molar-refractivity contribution in [2.75, 3.05) is 25.5 Å². The van der Waals surface area contributed by atoms with E-state index in [1.54, 1.807) is 0 Å². The van der Waals surface area contributed by atoms with Crippen molar-refractivity contribution in [2.24, 2.45) is 11.8 Å². The lowest BCUT2D eigenvalue weighted by atomic mass is 9.87. The van der Waals surface area contributed by atoms with Gasteiger partial charge in [-0.05, 0) is 49.9 Å². The van der Waals surface area contributed by atoms with Crippen LogP contribution in [0.1, 0.15) is 53.3 Å². The third-order valence-corrected chi connectivity index (χ3v) is 7.66. The number of carbonyl (C=O) groups excluding carboxylic acids is 1. The van der Waals surface area contributed by atoms with E-state index < -0.39 is 41.2 Å². The maximum Gasteiger partial charge on any atom is 0.416 e. The van der Waals surface area contributed by atoms with E-state index in [0.717, 1.165) is 36.0 Å². The number of likely N-dealkylation sites (tertiary alicyclic amines) is 1. The molecule has 3 aliphatic rings. The number of anilines is 1. The molecule has 0 spiro atoms. The van der Waals surface area contributed by atoms with Gasteiger partial charge in [0.1, 0.15) is 6.04 Å². The van der Waals surface area contributed by atoms with Gasteiger partial charge >= 0.3 is 6.18 Å². The molecule has 1 saturated heterocycles. The van der Waals surface area contributed by atoms with Gasteiger partial charge in [0.25, 0.3) is 17.4 Å². The number of rotatable bonds is 6. The second-order valence-electron chi connectivity index (χ2n) is 10.2. The van der Waals surface area contributed by atoms with E-state index in [1.807, 2.05) is 7.05 Å². The lowest BCUT2D eigenvalue weighted by Gasteiger charge is -2.37. The predicted octanol–water partition coefficient (Wildman–Crippen LogP) is 4.30. The molecule has 6 nitrogen and oxygen atoms in total. The number of benzene rings is 1. The number of carbonyl (C=O) groups is 1. The molecule has 0 radical (unpaired) electrons. The highest BCUT2D eigenvalue weighted by atomic mass is 19.4. The maximum absolute atomic E-state index is 14.1. The van der Waals surface area contributed by atoms with Crippen molar-refractivity contribution in [3.63, 3.8) is 0 Å². The Balaban J connectivity index is 1.42. The first-order valence-corrected chi connectivity index (χ1v) is 11.9. The average molecular weight is 511 g/mol. The number of amides is 1. The van der Waals surface area contributed by atoms with Crippen LogP contribution in [0.2, 0.25) is 0 Å². The molecule has 5 rings (SSSR count). The fraction of sp³-hybridized carbons (Fsp3) is 0.520. The number of halogens is 5. The molecule has 1 aliphatic heterocycles. The van der Waals surface area contributed by atoms with Crippen molar-refractivity contribution in [3.05, 3.63) is 63.6 Å². The zero-order chi connectivity index (χ0) is 26.0. The first kappa shape index (κ1) is 24.7. The quantitative estimate of drug-likeness (QED) is 0.569. The van der Waals surface area contributed by atoms with E-state index in [9.17, 15) is 31.5 Å². The van der Waals surface area contributed by atoms with Crippen molar-refractivity contribution in [3.8, 4) is 0 Å². The normalized spacial score (nSPS) is 27.6. The Bertz CT molecular complexity index is 1230. The molecule has 1 aromatic carbocycles. The van der Waals surface area contributed by atoms with Gasteiger partial charge in [-0.15, -0.1) is 0 Å². The molecule has 5 atom stereocenters. The standard InChI is InChI=1S/C25H27F5N4O2/c1-13(14-4-3-5-15(8-14)25(28,29)30)31-23(36)18-12-34(20-6-7-24(20,26)27)21(35)9-19(18)32-22-16-10-33(2)11-17(16)22/h3-5,8-9,12-13,16-17,20,22,32H,6-7,10-11H2,1-2H3,(H,31,36)/t13-,16-,17+,20-,22-/m1/s1. The molecule has 2 heterocycles. The number of nitrogens with zero attached hydrogens (tertiary/aromatic N) is 2. The van der Waals surface area contributed by atoms with Crippen molar-refractivity contribution in [2.45, 2.75) is 50.0 Å². The Morgan fingerprint density at radius 2 is 1.86 bits per heavy atom. The number of pyridine rings is 1. The van der Waals surface area contributed by atoms with Crippen LogP contribution in [0.5, 0.6) is 0 Å². The molecule has 1 aromatic heterocycles. The van der Waals surface area contributed by atoms with Crippen LogP contribution in [0.3, 0.4) is 0 Å². The molecule has 2 aliphatic carbocycles. The van der Waals surface area contributed by atoms with Crippen LogP contribution >= 0.6 is 0 Å². The van der Waals surface area contributed by atoms with Crippen LogP contribution < -0.4 is 16.2 Å². The van der Waals surface area contributed by atoms with Gasteiger partial charge in [0.15, 0.2) is 0 Å². The fourth-order valence-electron chi connectivity index (χ4n) is 5.40. The Morgan fingerprint density at radius 3 is 2.44 bits per heavy atom. The Labute approximate surface area is 204 Å². The maximum atomic E-state index is 14.1. The Morgan fingerprint density at radius 1 is 1.17 bits per heavy atom. The zero-order valence-electron chi connectivity index (χ0n) is 19.8. The van der Waals surface area contributed by atoms with E-state index in [0.29, 0.717) is 11.8 Å². The minimum Gasteiger partial charge on any atom is -0.381 e. The van der Waals surface area contributed by atoms with Gasteiger partial charge in [-0.25, -0.2) is 8.78 Å². The highest BCUT2D eigenvalue weighted by Gasteiger charge is 2.55. The summed E-state index contributed by atoms with van der Waals surface area (Å²) in [6.45, 7) is 3.29. The largest absolute Gasteiger partial charge is 0.416 e. The van der Waals surface area contributed by atoms with Crippen LogP contribution in [0.4, 0.5) is 27.6 Å². The van der Waals surface area contributed by atoms with Crippen molar-refractivity contribution >= 4 is 11.6 Å². The van der Waals surface area contributed by atoms with Gasteiger partial charge in [0.2, 0.25) is 0 Å². The molecular formula is C25H27F5N4O2. The summed E-state index contributed by atoms with van der Waals surface area (Å²) in [4.78, 5) is 28.2. The second kappa shape index (κ2) is 8.57. The molecule has 1 amide bonds. The van der Waals surface area contributed by atoms with E-state index in [-0.39, 0.29) is 35.7 Å². The highest BCUT2D eigenvalue weighted by Crippen LogP contribution is 2.48. The summed E-state index contributed by atoms with van der Waals surface area (Å²) in [6, 6.07) is 3.74. The van der Waals surface area contributed by atoms with E-state index >= 15 is 0 Å².